The van der Waals surface area contributed by atoms with E-state index in [9.17, 15) is 9.59 Å². The van der Waals surface area contributed by atoms with E-state index in [-0.39, 0.29) is 24.5 Å². The number of nitrogens with zero attached hydrogens (tertiary/aromatic N) is 2. The molecule has 5 rings (SSSR count). The van der Waals surface area contributed by atoms with E-state index in [2.05, 4.69) is 0 Å². The Labute approximate surface area is 213 Å². The molecular weight excluding hydrogens is 468 g/mol. The largest absolute Gasteiger partial charge is 0.496 e. The molecule has 0 aliphatic rings. The quantitative estimate of drug-likeness (QED) is 0.272. The number of hydrogen-bond acceptors (Lipinski definition) is 6. The van der Waals surface area contributed by atoms with Crippen molar-refractivity contribution in [2.24, 2.45) is 0 Å². The summed E-state index contributed by atoms with van der Waals surface area (Å²) >= 11 is 0. The zero-order chi connectivity index (χ0) is 25.8. The Kier molecular flexibility index (Phi) is 6.85. The third-order valence-corrected chi connectivity index (χ3v) is 6.07. The predicted molar refractivity (Wildman–Crippen MR) is 141 cm³/mol. The maximum Gasteiger partial charge on any atom is 0.262 e. The third kappa shape index (κ3) is 5.30. The normalized spacial score (nSPS) is 11.0. The molecule has 0 aliphatic heterocycles. The van der Waals surface area contributed by atoms with E-state index in [1.165, 1.54) is 0 Å². The van der Waals surface area contributed by atoms with Crippen molar-refractivity contribution in [3.8, 4) is 22.9 Å². The van der Waals surface area contributed by atoms with Crippen LogP contribution in [0.2, 0.25) is 0 Å². The molecule has 37 heavy (non-hydrogen) atoms. The van der Waals surface area contributed by atoms with Crippen molar-refractivity contribution in [3.05, 3.63) is 112 Å². The second-order valence-corrected chi connectivity index (χ2v) is 8.76. The van der Waals surface area contributed by atoms with Crippen molar-refractivity contribution in [1.29, 1.82) is 0 Å². The zero-order valence-electron chi connectivity index (χ0n) is 20.6. The highest BCUT2D eigenvalue weighted by Gasteiger charge is 2.16. The number of fused-ring (bicyclic) bond motifs is 1. The number of para-hydroxylation sites is 1. The van der Waals surface area contributed by atoms with E-state index < -0.39 is 0 Å². The molecule has 7 nitrogen and oxygen atoms in total. The topological polar surface area (TPSA) is 83.6 Å². The van der Waals surface area contributed by atoms with E-state index in [1.54, 1.807) is 37.0 Å². The van der Waals surface area contributed by atoms with Crippen LogP contribution in [0.5, 0.6) is 11.5 Å². The van der Waals surface area contributed by atoms with Crippen molar-refractivity contribution in [2.75, 3.05) is 7.11 Å². The summed E-state index contributed by atoms with van der Waals surface area (Å²) < 4.78 is 18.8. The van der Waals surface area contributed by atoms with Gasteiger partial charge in [-0.15, -0.1) is 0 Å². The summed E-state index contributed by atoms with van der Waals surface area (Å²) in [5.74, 6) is 2.64. The fourth-order valence-corrected chi connectivity index (χ4v) is 4.28. The lowest BCUT2D eigenvalue weighted by molar-refractivity contribution is -0.116. The fourth-order valence-electron chi connectivity index (χ4n) is 4.28. The Morgan fingerprint density at radius 3 is 2.54 bits per heavy atom. The van der Waals surface area contributed by atoms with Crippen LogP contribution in [0.3, 0.4) is 0 Å². The molecule has 0 radical (unpaired) electrons. The molecule has 0 unspecified atom stereocenters. The highest BCUT2D eigenvalue weighted by atomic mass is 16.5. The number of carbonyl (C=O) groups excluding carboxylic acids is 1. The minimum absolute atomic E-state index is 0.114. The molecule has 0 fully saturated rings. The van der Waals surface area contributed by atoms with Crippen LogP contribution in [0.15, 0.2) is 94.3 Å². The molecule has 2 heterocycles. The molecule has 0 saturated heterocycles. The van der Waals surface area contributed by atoms with Crippen LogP contribution in [-0.4, -0.2) is 22.4 Å². The summed E-state index contributed by atoms with van der Waals surface area (Å²) in [6, 6.07) is 24.1. The number of aromatic nitrogens is 2. The van der Waals surface area contributed by atoms with Gasteiger partial charge < -0.3 is 13.9 Å². The maximum absolute atomic E-state index is 13.5. The predicted octanol–water partition coefficient (Wildman–Crippen LogP) is 5.42. The van der Waals surface area contributed by atoms with Gasteiger partial charge in [0.25, 0.3) is 5.56 Å². The first-order valence-corrected chi connectivity index (χ1v) is 11.9. The van der Waals surface area contributed by atoms with Gasteiger partial charge in [-0.05, 0) is 67.1 Å². The van der Waals surface area contributed by atoms with E-state index in [1.807, 2.05) is 66.7 Å². The van der Waals surface area contributed by atoms with Gasteiger partial charge in [-0.25, -0.2) is 4.98 Å². The summed E-state index contributed by atoms with van der Waals surface area (Å²) in [4.78, 5) is 29.7. The molecule has 3 aromatic carbocycles. The average Bonchev–Trinajstić information content (AvgIpc) is 3.43. The van der Waals surface area contributed by atoms with Crippen molar-refractivity contribution in [2.45, 2.75) is 26.5 Å². The number of rotatable bonds is 9. The second-order valence-electron chi connectivity index (χ2n) is 8.76. The van der Waals surface area contributed by atoms with Crippen LogP contribution in [0.4, 0.5) is 0 Å². The molecule has 7 heteroatoms. The van der Waals surface area contributed by atoms with Gasteiger partial charge in [0.1, 0.15) is 35.5 Å². The van der Waals surface area contributed by atoms with Gasteiger partial charge in [-0.3, -0.25) is 14.2 Å². The number of methoxy groups -OCH3 is 1. The zero-order valence-corrected chi connectivity index (χ0v) is 20.6. The van der Waals surface area contributed by atoms with Crippen LogP contribution in [-0.2, 0) is 24.4 Å². The monoisotopic (exact) mass is 494 g/mol. The Hall–Kier alpha value is -4.65. The summed E-state index contributed by atoms with van der Waals surface area (Å²) in [6.07, 6.45) is 1.98. The minimum atomic E-state index is -0.142. The molecular formula is C30H26N2O5. The van der Waals surface area contributed by atoms with Gasteiger partial charge in [0.15, 0.2) is 0 Å². The van der Waals surface area contributed by atoms with Crippen molar-refractivity contribution >= 4 is 16.7 Å². The standard InChI is InChI=1S/C30H26N2O5/c1-20(33)16-21-9-12-24(13-10-21)37-19-23-17-22(11-14-28(23)35-2)29-31-27-8-4-3-7-26(27)30(34)32(29)18-25-6-5-15-36-25/h3-15,17H,16,18-19H2,1-2H3. The third-order valence-electron chi connectivity index (χ3n) is 6.07. The number of furan rings is 1. The molecule has 0 spiro atoms. The summed E-state index contributed by atoms with van der Waals surface area (Å²) in [5, 5.41) is 0.545. The summed E-state index contributed by atoms with van der Waals surface area (Å²) in [5.41, 5.74) is 2.98. The van der Waals surface area contributed by atoms with Crippen molar-refractivity contribution in [1.82, 2.24) is 9.55 Å². The number of ketones is 1. The van der Waals surface area contributed by atoms with Crippen molar-refractivity contribution < 1.29 is 18.7 Å². The van der Waals surface area contributed by atoms with Gasteiger partial charge in [0.2, 0.25) is 0 Å². The number of ether oxygens (including phenoxy) is 2. The number of Topliss-reactive ketones (excluding diaryl/α,β-unsaturated/α-hetero) is 1. The van der Waals surface area contributed by atoms with Crippen molar-refractivity contribution in [3.63, 3.8) is 0 Å². The van der Waals surface area contributed by atoms with E-state index >= 15 is 0 Å². The fraction of sp³-hybridized carbons (Fsp3) is 0.167. The number of hydrogen-bond donors (Lipinski definition) is 0. The van der Waals surface area contributed by atoms with E-state index in [4.69, 9.17) is 18.9 Å². The molecule has 186 valence electrons. The Morgan fingerprint density at radius 2 is 1.81 bits per heavy atom. The second kappa shape index (κ2) is 10.5. The van der Waals surface area contributed by atoms with Gasteiger partial charge in [0, 0.05) is 17.5 Å². The first-order valence-electron chi connectivity index (χ1n) is 11.9. The van der Waals surface area contributed by atoms with Gasteiger partial charge in [0.05, 0.1) is 30.8 Å². The highest BCUT2D eigenvalue weighted by Crippen LogP contribution is 2.28. The van der Waals surface area contributed by atoms with Gasteiger partial charge >= 0.3 is 0 Å². The maximum atomic E-state index is 13.5. The number of carbonyl (C=O) groups is 1. The lowest BCUT2D eigenvalue weighted by Gasteiger charge is -2.16. The molecule has 0 aliphatic carbocycles. The van der Waals surface area contributed by atoms with Crippen LogP contribution in [0.25, 0.3) is 22.3 Å². The summed E-state index contributed by atoms with van der Waals surface area (Å²) in [7, 11) is 1.61. The SMILES string of the molecule is COc1ccc(-c2nc3ccccc3c(=O)n2Cc2ccco2)cc1COc1ccc(CC(C)=O)cc1. The summed E-state index contributed by atoms with van der Waals surface area (Å²) in [6.45, 7) is 2.07. The highest BCUT2D eigenvalue weighted by molar-refractivity contribution is 5.80. The lowest BCUT2D eigenvalue weighted by Crippen LogP contribution is -2.24. The molecule has 0 saturated carbocycles. The first kappa shape index (κ1) is 24.1. The molecule has 5 aromatic rings. The van der Waals surface area contributed by atoms with Crippen LogP contribution in [0, 0.1) is 0 Å². The molecule has 0 atom stereocenters. The van der Waals surface area contributed by atoms with Crippen LogP contribution >= 0.6 is 0 Å². The molecule has 2 aromatic heterocycles. The molecule has 0 amide bonds. The van der Waals surface area contributed by atoms with E-state index in [0.29, 0.717) is 40.4 Å². The molecule has 0 bridgehead atoms. The minimum Gasteiger partial charge on any atom is -0.496 e. The van der Waals surface area contributed by atoms with Crippen LogP contribution < -0.4 is 15.0 Å². The van der Waals surface area contributed by atoms with Gasteiger partial charge in [-0.1, -0.05) is 24.3 Å². The number of benzene rings is 3. The molecule has 0 N–H and O–H groups in total. The Morgan fingerprint density at radius 1 is 1.00 bits per heavy atom. The smallest absolute Gasteiger partial charge is 0.262 e. The van der Waals surface area contributed by atoms with Gasteiger partial charge in [-0.2, -0.15) is 0 Å². The Bertz CT molecular complexity index is 1600. The van der Waals surface area contributed by atoms with E-state index in [0.717, 1.165) is 16.7 Å². The first-order chi connectivity index (χ1) is 18.0. The average molecular weight is 495 g/mol. The Balaban J connectivity index is 1.51. The van der Waals surface area contributed by atoms with Crippen LogP contribution in [0.1, 0.15) is 23.8 Å². The lowest BCUT2D eigenvalue weighted by atomic mass is 10.1.